The lowest BCUT2D eigenvalue weighted by Crippen LogP contribution is -2.44. The molecular weight excluding hydrogens is 284 g/mol. The van der Waals surface area contributed by atoms with Crippen molar-refractivity contribution in [2.75, 3.05) is 32.8 Å². The molecule has 2 amide bonds. The molecular formula is C16H26N2O4. The molecule has 3 fully saturated rings. The number of amides is 2. The monoisotopic (exact) mass is 310 g/mol. The molecule has 0 spiro atoms. The van der Waals surface area contributed by atoms with Gasteiger partial charge in [0.2, 0.25) is 11.8 Å². The van der Waals surface area contributed by atoms with Gasteiger partial charge in [0, 0.05) is 39.8 Å². The number of fused-ring (bicyclic) bond motifs is 1. The maximum Gasteiger partial charge on any atom is 0.249 e. The van der Waals surface area contributed by atoms with Crippen LogP contribution in [0.25, 0.3) is 0 Å². The fraction of sp³-hybridized carbons (Fsp3) is 0.875. The van der Waals surface area contributed by atoms with Crippen molar-refractivity contribution in [3.8, 4) is 0 Å². The molecule has 3 aliphatic heterocycles. The van der Waals surface area contributed by atoms with Gasteiger partial charge in [-0.1, -0.05) is 0 Å². The Morgan fingerprint density at radius 1 is 1.23 bits per heavy atom. The number of carbonyl (C=O) groups excluding carboxylic acids is 2. The van der Waals surface area contributed by atoms with E-state index in [1.165, 1.54) is 0 Å². The molecule has 1 N–H and O–H groups in total. The van der Waals surface area contributed by atoms with E-state index in [9.17, 15) is 9.59 Å². The lowest BCUT2D eigenvalue weighted by molar-refractivity contribution is -0.136. The number of carbonyl (C=O) groups is 2. The summed E-state index contributed by atoms with van der Waals surface area (Å²) in [7, 11) is 0. The van der Waals surface area contributed by atoms with Crippen LogP contribution < -0.4 is 5.32 Å². The van der Waals surface area contributed by atoms with Gasteiger partial charge in [-0.2, -0.15) is 0 Å². The lowest BCUT2D eigenvalue weighted by Gasteiger charge is -2.33. The van der Waals surface area contributed by atoms with Crippen molar-refractivity contribution < 1.29 is 19.1 Å². The average molecular weight is 310 g/mol. The second-order valence-corrected chi connectivity index (χ2v) is 6.71. The Balaban J connectivity index is 1.45. The normalized spacial score (nSPS) is 32.6. The predicted molar refractivity (Wildman–Crippen MR) is 80.2 cm³/mol. The minimum Gasteiger partial charge on any atom is -0.381 e. The standard InChI is InChI=1S/C16H26N2O4/c1-11(19)18-5-2-13-8-14(22-15(13)10-18)16(20)17-9-12-3-6-21-7-4-12/h12-15H,2-10H2,1H3,(H,17,20)/t13-,14+,15+/m0/s1. The number of hydrogen-bond donors (Lipinski definition) is 1. The lowest BCUT2D eigenvalue weighted by atomic mass is 9.91. The Morgan fingerprint density at radius 3 is 2.73 bits per heavy atom. The summed E-state index contributed by atoms with van der Waals surface area (Å²) in [5.74, 6) is 1.04. The summed E-state index contributed by atoms with van der Waals surface area (Å²) in [6.45, 7) is 5.32. The second-order valence-electron chi connectivity index (χ2n) is 6.71. The fourth-order valence-corrected chi connectivity index (χ4v) is 3.69. The number of piperidine rings is 1. The van der Waals surface area contributed by atoms with Gasteiger partial charge >= 0.3 is 0 Å². The number of nitrogens with zero attached hydrogens (tertiary/aromatic N) is 1. The first kappa shape index (κ1) is 15.7. The molecule has 3 rings (SSSR count). The summed E-state index contributed by atoms with van der Waals surface area (Å²) in [5, 5.41) is 3.04. The Labute approximate surface area is 131 Å². The molecule has 22 heavy (non-hydrogen) atoms. The first-order chi connectivity index (χ1) is 10.6. The molecule has 0 unspecified atom stereocenters. The van der Waals surface area contributed by atoms with Gasteiger partial charge in [-0.05, 0) is 37.5 Å². The maximum absolute atomic E-state index is 12.3. The molecule has 3 saturated heterocycles. The molecule has 0 aliphatic carbocycles. The first-order valence-corrected chi connectivity index (χ1v) is 8.40. The van der Waals surface area contributed by atoms with Crippen molar-refractivity contribution in [1.29, 1.82) is 0 Å². The van der Waals surface area contributed by atoms with Gasteiger partial charge < -0.3 is 19.7 Å². The smallest absolute Gasteiger partial charge is 0.249 e. The average Bonchev–Trinajstić information content (AvgIpc) is 2.96. The van der Waals surface area contributed by atoms with E-state index >= 15 is 0 Å². The summed E-state index contributed by atoms with van der Waals surface area (Å²) in [6, 6.07) is 0. The summed E-state index contributed by atoms with van der Waals surface area (Å²) >= 11 is 0. The minimum absolute atomic E-state index is 0.00951. The quantitative estimate of drug-likeness (QED) is 0.827. The summed E-state index contributed by atoms with van der Waals surface area (Å²) in [6.07, 6.45) is 3.44. The van der Waals surface area contributed by atoms with Gasteiger partial charge in [0.1, 0.15) is 6.10 Å². The molecule has 0 aromatic heterocycles. The summed E-state index contributed by atoms with van der Waals surface area (Å²) < 4.78 is 11.2. The third kappa shape index (κ3) is 3.60. The van der Waals surface area contributed by atoms with Crippen LogP contribution in [0.5, 0.6) is 0 Å². The van der Waals surface area contributed by atoms with Gasteiger partial charge in [0.05, 0.1) is 6.10 Å². The van der Waals surface area contributed by atoms with E-state index in [1.807, 2.05) is 4.90 Å². The van der Waals surface area contributed by atoms with Crippen molar-refractivity contribution >= 4 is 11.8 Å². The fourth-order valence-electron chi connectivity index (χ4n) is 3.69. The summed E-state index contributed by atoms with van der Waals surface area (Å²) in [4.78, 5) is 25.6. The Kier molecular flexibility index (Phi) is 4.98. The molecule has 0 aromatic carbocycles. The van der Waals surface area contributed by atoms with Crippen LogP contribution in [0.2, 0.25) is 0 Å². The number of hydrogen-bond acceptors (Lipinski definition) is 4. The highest BCUT2D eigenvalue weighted by Crippen LogP contribution is 2.33. The van der Waals surface area contributed by atoms with E-state index in [0.717, 1.165) is 52.0 Å². The van der Waals surface area contributed by atoms with Crippen LogP contribution >= 0.6 is 0 Å². The van der Waals surface area contributed by atoms with Crippen LogP contribution in [-0.4, -0.2) is 61.8 Å². The Bertz CT molecular complexity index is 422. The van der Waals surface area contributed by atoms with Crippen molar-refractivity contribution in [1.82, 2.24) is 10.2 Å². The Hall–Kier alpha value is -1.14. The SMILES string of the molecule is CC(=O)N1CC[C@H]2C[C@H](C(=O)NCC3CCOCC3)O[C@@H]2C1. The third-order valence-electron chi connectivity index (χ3n) is 5.20. The second kappa shape index (κ2) is 6.96. The molecule has 3 aliphatic rings. The molecule has 0 radical (unpaired) electrons. The molecule has 0 aromatic rings. The first-order valence-electron chi connectivity index (χ1n) is 8.40. The van der Waals surface area contributed by atoms with E-state index in [1.54, 1.807) is 6.92 Å². The zero-order chi connectivity index (χ0) is 15.5. The van der Waals surface area contributed by atoms with E-state index in [0.29, 0.717) is 18.4 Å². The third-order valence-corrected chi connectivity index (χ3v) is 5.20. The highest BCUT2D eigenvalue weighted by molar-refractivity contribution is 5.81. The van der Waals surface area contributed by atoms with Crippen molar-refractivity contribution in [2.45, 2.75) is 44.8 Å². The molecule has 6 heteroatoms. The predicted octanol–water partition coefficient (Wildman–Crippen LogP) is 0.555. The number of nitrogens with one attached hydrogen (secondary N) is 1. The van der Waals surface area contributed by atoms with E-state index in [2.05, 4.69) is 5.32 Å². The topological polar surface area (TPSA) is 67.9 Å². The molecule has 3 atom stereocenters. The highest BCUT2D eigenvalue weighted by Gasteiger charge is 2.42. The number of rotatable bonds is 3. The molecule has 6 nitrogen and oxygen atoms in total. The largest absolute Gasteiger partial charge is 0.381 e. The van der Waals surface area contributed by atoms with Gasteiger partial charge in [-0.25, -0.2) is 0 Å². The minimum atomic E-state index is -0.346. The Morgan fingerprint density at radius 2 is 2.00 bits per heavy atom. The molecule has 0 saturated carbocycles. The van der Waals surface area contributed by atoms with Gasteiger partial charge in [0.15, 0.2) is 0 Å². The van der Waals surface area contributed by atoms with Gasteiger partial charge in [-0.3, -0.25) is 9.59 Å². The van der Waals surface area contributed by atoms with Crippen LogP contribution in [0.15, 0.2) is 0 Å². The van der Waals surface area contributed by atoms with E-state index in [4.69, 9.17) is 9.47 Å². The van der Waals surface area contributed by atoms with Crippen LogP contribution in [0.1, 0.15) is 32.6 Å². The molecule has 3 heterocycles. The van der Waals surface area contributed by atoms with E-state index in [-0.39, 0.29) is 24.0 Å². The number of likely N-dealkylation sites (tertiary alicyclic amines) is 1. The zero-order valence-electron chi connectivity index (χ0n) is 13.3. The van der Waals surface area contributed by atoms with Crippen LogP contribution in [0.4, 0.5) is 0 Å². The molecule has 0 bridgehead atoms. The zero-order valence-corrected chi connectivity index (χ0v) is 13.3. The highest BCUT2D eigenvalue weighted by atomic mass is 16.5. The number of ether oxygens (including phenoxy) is 2. The van der Waals surface area contributed by atoms with Crippen molar-refractivity contribution in [2.24, 2.45) is 11.8 Å². The van der Waals surface area contributed by atoms with Gasteiger partial charge in [0.25, 0.3) is 0 Å². The van der Waals surface area contributed by atoms with Crippen LogP contribution in [0.3, 0.4) is 0 Å². The van der Waals surface area contributed by atoms with Gasteiger partial charge in [-0.15, -0.1) is 0 Å². The maximum atomic E-state index is 12.3. The van der Waals surface area contributed by atoms with E-state index < -0.39 is 0 Å². The van der Waals surface area contributed by atoms with Crippen LogP contribution in [0, 0.1) is 11.8 Å². The molecule has 124 valence electrons. The van der Waals surface area contributed by atoms with Crippen molar-refractivity contribution in [3.63, 3.8) is 0 Å². The van der Waals surface area contributed by atoms with Crippen LogP contribution in [-0.2, 0) is 19.1 Å². The van der Waals surface area contributed by atoms with Crippen molar-refractivity contribution in [3.05, 3.63) is 0 Å². The summed E-state index contributed by atoms with van der Waals surface area (Å²) in [5.41, 5.74) is 0.